The lowest BCUT2D eigenvalue weighted by molar-refractivity contribution is 0.0253. The second-order valence-electron chi connectivity index (χ2n) is 7.75. The van der Waals surface area contributed by atoms with Crippen LogP contribution in [0.3, 0.4) is 0 Å². The topological polar surface area (TPSA) is 55.6 Å². The van der Waals surface area contributed by atoms with Crippen molar-refractivity contribution in [1.82, 2.24) is 4.90 Å². The molecule has 4 heteroatoms. The zero-order valence-electron chi connectivity index (χ0n) is 13.9. The Morgan fingerprint density at radius 3 is 2.33 bits per heavy atom. The Kier molecular flexibility index (Phi) is 5.53. The van der Waals surface area contributed by atoms with Crippen LogP contribution in [0.2, 0.25) is 0 Å². The van der Waals surface area contributed by atoms with Gasteiger partial charge in [-0.3, -0.25) is 0 Å². The van der Waals surface area contributed by atoms with Crippen molar-refractivity contribution in [2.45, 2.75) is 64.9 Å². The summed E-state index contributed by atoms with van der Waals surface area (Å²) in [6.45, 7) is 8.14. The number of ether oxygens (including phenoxy) is 1. The molecule has 1 saturated heterocycles. The summed E-state index contributed by atoms with van der Waals surface area (Å²) in [7, 11) is 0. The van der Waals surface area contributed by atoms with Crippen molar-refractivity contribution < 1.29 is 9.53 Å². The summed E-state index contributed by atoms with van der Waals surface area (Å²) < 4.78 is 5.52. The summed E-state index contributed by atoms with van der Waals surface area (Å²) in [6.07, 6.45) is 7.40. The van der Waals surface area contributed by atoms with E-state index >= 15 is 0 Å². The first-order chi connectivity index (χ1) is 9.90. The summed E-state index contributed by atoms with van der Waals surface area (Å²) in [4.78, 5) is 14.2. The molecule has 1 aliphatic heterocycles. The first-order valence-electron chi connectivity index (χ1n) is 8.58. The highest BCUT2D eigenvalue weighted by atomic mass is 16.6. The second-order valence-corrected chi connectivity index (χ2v) is 7.75. The van der Waals surface area contributed by atoms with Crippen LogP contribution in [-0.2, 0) is 4.74 Å². The van der Waals surface area contributed by atoms with Gasteiger partial charge in [-0.2, -0.15) is 0 Å². The van der Waals surface area contributed by atoms with Crippen LogP contribution in [0, 0.1) is 17.8 Å². The van der Waals surface area contributed by atoms with Crippen LogP contribution in [0.25, 0.3) is 0 Å². The molecule has 4 nitrogen and oxygen atoms in total. The van der Waals surface area contributed by atoms with E-state index in [2.05, 4.69) is 0 Å². The Bertz CT molecular complexity index is 345. The van der Waals surface area contributed by atoms with Gasteiger partial charge in [-0.1, -0.05) is 25.7 Å². The molecule has 0 aromatic rings. The van der Waals surface area contributed by atoms with Gasteiger partial charge >= 0.3 is 6.09 Å². The van der Waals surface area contributed by atoms with Crippen LogP contribution in [0.5, 0.6) is 0 Å². The normalized spacial score (nSPS) is 28.5. The minimum atomic E-state index is -0.415. The van der Waals surface area contributed by atoms with Gasteiger partial charge in [-0.05, 0) is 57.9 Å². The molecule has 0 aromatic heterocycles. The molecular formula is C17H32N2O2. The highest BCUT2D eigenvalue weighted by molar-refractivity contribution is 5.68. The molecule has 2 unspecified atom stereocenters. The summed E-state index contributed by atoms with van der Waals surface area (Å²) >= 11 is 0. The molecule has 2 N–H and O–H groups in total. The second kappa shape index (κ2) is 6.99. The van der Waals surface area contributed by atoms with E-state index in [4.69, 9.17) is 10.5 Å². The van der Waals surface area contributed by atoms with E-state index in [9.17, 15) is 4.79 Å². The minimum absolute atomic E-state index is 0.162. The lowest BCUT2D eigenvalue weighted by Crippen LogP contribution is -2.37. The average Bonchev–Trinajstić information content (AvgIpc) is 2.82. The van der Waals surface area contributed by atoms with Crippen LogP contribution < -0.4 is 5.73 Å². The van der Waals surface area contributed by atoms with Crippen molar-refractivity contribution in [3.05, 3.63) is 0 Å². The van der Waals surface area contributed by atoms with Crippen molar-refractivity contribution in [2.75, 3.05) is 19.6 Å². The molecule has 122 valence electrons. The predicted octanol–water partition coefficient (Wildman–Crippen LogP) is 3.40. The molecule has 2 fully saturated rings. The first kappa shape index (κ1) is 16.6. The van der Waals surface area contributed by atoms with E-state index in [1.165, 1.54) is 25.7 Å². The van der Waals surface area contributed by atoms with Gasteiger partial charge in [0.05, 0.1) is 0 Å². The number of nitrogens with zero attached hydrogens (tertiary/aromatic N) is 1. The Morgan fingerprint density at radius 1 is 1.14 bits per heavy atom. The summed E-state index contributed by atoms with van der Waals surface area (Å²) in [6, 6.07) is 0. The van der Waals surface area contributed by atoms with Crippen LogP contribution in [-0.4, -0.2) is 36.2 Å². The maximum atomic E-state index is 12.3. The number of likely N-dealkylation sites (tertiary alicyclic amines) is 1. The Hall–Kier alpha value is -0.770. The third kappa shape index (κ3) is 4.60. The van der Waals surface area contributed by atoms with Crippen molar-refractivity contribution in [2.24, 2.45) is 23.5 Å². The zero-order chi connectivity index (χ0) is 15.5. The van der Waals surface area contributed by atoms with Gasteiger partial charge in [0.15, 0.2) is 0 Å². The highest BCUT2D eigenvalue weighted by Crippen LogP contribution is 2.39. The SMILES string of the molecule is CC(C)(C)OC(=O)N1CCC(CN)C(C2CCCC2)CC1. The Morgan fingerprint density at radius 2 is 1.76 bits per heavy atom. The minimum Gasteiger partial charge on any atom is -0.444 e. The van der Waals surface area contributed by atoms with Crippen LogP contribution in [0.4, 0.5) is 4.79 Å². The van der Waals surface area contributed by atoms with Crippen molar-refractivity contribution in [1.29, 1.82) is 0 Å². The fourth-order valence-electron chi connectivity index (χ4n) is 4.00. The number of carbonyl (C=O) groups excluding carboxylic acids is 1. The van der Waals surface area contributed by atoms with Gasteiger partial charge in [-0.25, -0.2) is 4.79 Å². The van der Waals surface area contributed by atoms with Crippen LogP contribution in [0.1, 0.15) is 59.3 Å². The molecule has 1 saturated carbocycles. The van der Waals surface area contributed by atoms with E-state index in [0.29, 0.717) is 11.8 Å². The molecule has 2 rings (SSSR count). The molecule has 2 aliphatic rings. The number of carbonyl (C=O) groups is 1. The van der Waals surface area contributed by atoms with E-state index < -0.39 is 5.60 Å². The smallest absolute Gasteiger partial charge is 0.410 e. The lowest BCUT2D eigenvalue weighted by atomic mass is 9.77. The molecule has 0 bridgehead atoms. The third-order valence-electron chi connectivity index (χ3n) is 5.07. The number of hydrogen-bond donors (Lipinski definition) is 1. The molecule has 1 heterocycles. The van der Waals surface area contributed by atoms with Crippen molar-refractivity contribution in [3.63, 3.8) is 0 Å². The number of nitrogens with two attached hydrogens (primary N) is 1. The number of amides is 1. The quantitative estimate of drug-likeness (QED) is 0.849. The average molecular weight is 296 g/mol. The molecule has 0 aromatic carbocycles. The van der Waals surface area contributed by atoms with E-state index in [0.717, 1.165) is 38.4 Å². The summed E-state index contributed by atoms with van der Waals surface area (Å²) in [5, 5.41) is 0. The number of rotatable bonds is 2. The first-order valence-corrected chi connectivity index (χ1v) is 8.58. The Labute approximate surface area is 129 Å². The maximum absolute atomic E-state index is 12.3. The molecule has 21 heavy (non-hydrogen) atoms. The zero-order valence-corrected chi connectivity index (χ0v) is 13.9. The van der Waals surface area contributed by atoms with Gasteiger partial charge in [0, 0.05) is 13.1 Å². The lowest BCUT2D eigenvalue weighted by Gasteiger charge is -2.29. The fourth-order valence-corrected chi connectivity index (χ4v) is 4.00. The van der Waals surface area contributed by atoms with Gasteiger partial charge in [0.2, 0.25) is 0 Å². The molecule has 2 atom stereocenters. The van der Waals surface area contributed by atoms with Crippen LogP contribution >= 0.6 is 0 Å². The van der Waals surface area contributed by atoms with Gasteiger partial charge in [-0.15, -0.1) is 0 Å². The maximum Gasteiger partial charge on any atom is 0.410 e. The number of hydrogen-bond acceptors (Lipinski definition) is 3. The Balaban J connectivity index is 1.96. The van der Waals surface area contributed by atoms with Gasteiger partial charge in [0.1, 0.15) is 5.60 Å². The molecular weight excluding hydrogens is 264 g/mol. The van der Waals surface area contributed by atoms with Gasteiger partial charge < -0.3 is 15.4 Å². The van der Waals surface area contributed by atoms with E-state index in [1.807, 2.05) is 25.7 Å². The molecule has 0 spiro atoms. The molecule has 1 amide bonds. The van der Waals surface area contributed by atoms with E-state index in [-0.39, 0.29) is 6.09 Å². The van der Waals surface area contributed by atoms with E-state index in [1.54, 1.807) is 0 Å². The highest BCUT2D eigenvalue weighted by Gasteiger charge is 2.34. The fraction of sp³-hybridized carbons (Fsp3) is 0.941. The standard InChI is InChI=1S/C17H32N2O2/c1-17(2,3)21-16(20)19-10-8-14(12-18)15(9-11-19)13-6-4-5-7-13/h13-15H,4-12,18H2,1-3H3. The third-order valence-corrected chi connectivity index (χ3v) is 5.07. The summed E-state index contributed by atoms with van der Waals surface area (Å²) in [5.41, 5.74) is 5.60. The van der Waals surface area contributed by atoms with Crippen LogP contribution in [0.15, 0.2) is 0 Å². The summed E-state index contributed by atoms with van der Waals surface area (Å²) in [5.74, 6) is 2.10. The van der Waals surface area contributed by atoms with Crippen molar-refractivity contribution in [3.8, 4) is 0 Å². The van der Waals surface area contributed by atoms with Gasteiger partial charge in [0.25, 0.3) is 0 Å². The monoisotopic (exact) mass is 296 g/mol. The van der Waals surface area contributed by atoms with Crippen molar-refractivity contribution >= 4 is 6.09 Å². The predicted molar refractivity (Wildman–Crippen MR) is 85.0 cm³/mol. The molecule has 1 aliphatic carbocycles. The largest absolute Gasteiger partial charge is 0.444 e. The molecule has 0 radical (unpaired) electrons.